The van der Waals surface area contributed by atoms with Gasteiger partial charge in [0, 0.05) is 20.2 Å². The van der Waals surface area contributed by atoms with Gasteiger partial charge in [-0.2, -0.15) is 0 Å². The van der Waals surface area contributed by atoms with E-state index >= 15 is 0 Å². The zero-order chi connectivity index (χ0) is 40.9. The Balaban J connectivity index is 1.44. The van der Waals surface area contributed by atoms with Crippen molar-refractivity contribution >= 4 is 52.0 Å². The van der Waals surface area contributed by atoms with Crippen LogP contribution in [0.2, 0.25) is 0 Å². The van der Waals surface area contributed by atoms with Crippen molar-refractivity contribution in [3.63, 3.8) is 0 Å². The fraction of sp³-hybridized carbons (Fsp3) is 0.893. The zero-order valence-corrected chi connectivity index (χ0v) is 31.4. The molecule has 0 aliphatic carbocycles. The fourth-order valence-corrected chi connectivity index (χ4v) is 6.87. The molecule has 24 nitrogen and oxygen atoms in total. The Kier molecular flexibility index (Phi) is 17.0. The van der Waals surface area contributed by atoms with Crippen LogP contribution < -0.4 is 31.9 Å². The first-order valence-corrected chi connectivity index (χ1v) is 18.2. The van der Waals surface area contributed by atoms with Gasteiger partial charge in [0.25, 0.3) is 0 Å². The number of aliphatic hydroxyl groups is 13. The van der Waals surface area contributed by atoms with Gasteiger partial charge in [-0.25, -0.2) is 0 Å². The molecule has 0 saturated carbocycles. The van der Waals surface area contributed by atoms with E-state index < -0.39 is 136 Å². The molecule has 20 atom stereocenters. The van der Waals surface area contributed by atoms with Crippen LogP contribution in [0.25, 0.3) is 0 Å². The fourth-order valence-electron chi connectivity index (χ4n) is 6.22. The normalized spacial score (nSPS) is 44.8. The van der Waals surface area contributed by atoms with E-state index in [-0.39, 0.29) is 28.4 Å². The number of aliphatic hydroxyl groups excluding tert-OH is 13. The second-order valence-electron chi connectivity index (χ2n) is 13.2. The first-order chi connectivity index (χ1) is 25.9. The lowest BCUT2D eigenvalue weighted by molar-refractivity contribution is -0.288. The summed E-state index contributed by atoms with van der Waals surface area (Å²) < 4.78 is 27.2. The van der Waals surface area contributed by atoms with E-state index in [0.717, 1.165) is 0 Å². The van der Waals surface area contributed by atoms with E-state index in [9.17, 15) is 66.4 Å². The van der Waals surface area contributed by atoms with Crippen molar-refractivity contribution in [1.29, 1.82) is 0 Å². The summed E-state index contributed by atoms with van der Waals surface area (Å²) in [7, 11) is 1.23. The van der Waals surface area contributed by atoms with Gasteiger partial charge in [-0.05, 0) is 36.7 Å². The van der Waals surface area contributed by atoms with Crippen molar-refractivity contribution in [3.8, 4) is 0 Å². The highest BCUT2D eigenvalue weighted by Gasteiger charge is 2.48. The molecule has 55 heavy (non-hydrogen) atoms. The molecule has 27 heteroatoms. The van der Waals surface area contributed by atoms with Crippen LogP contribution in [0.15, 0.2) is 0 Å². The summed E-state index contributed by atoms with van der Waals surface area (Å²) in [5, 5.41) is 149. The van der Waals surface area contributed by atoms with Crippen LogP contribution in [0.1, 0.15) is 0 Å². The molecule has 4 heterocycles. The predicted octanol–water partition coefficient (Wildman–Crippen LogP) is -10.8. The van der Waals surface area contributed by atoms with Gasteiger partial charge in [-0.3, -0.25) is 0 Å². The molecule has 0 aromatic heterocycles. The van der Waals surface area contributed by atoms with E-state index in [0.29, 0.717) is 0 Å². The Morgan fingerprint density at radius 2 is 0.836 bits per heavy atom. The highest BCUT2D eigenvalue weighted by atomic mass is 32.1. The number of ether oxygens (including phenoxy) is 5. The van der Waals surface area contributed by atoms with Crippen molar-refractivity contribution in [2.75, 3.05) is 33.4 Å². The zero-order valence-electron chi connectivity index (χ0n) is 29.0. The quantitative estimate of drug-likeness (QED) is 0.0858. The van der Waals surface area contributed by atoms with Crippen LogP contribution in [-0.4, -0.2) is 238 Å². The van der Waals surface area contributed by atoms with E-state index in [1.54, 1.807) is 0 Å². The summed E-state index contributed by atoms with van der Waals surface area (Å²) in [6.45, 7) is -1.96. The minimum absolute atomic E-state index is 0.182. The first kappa shape index (κ1) is 46.0. The van der Waals surface area contributed by atoms with Gasteiger partial charge in [0.1, 0.15) is 91.6 Å². The molecular weight excluding hydrogens is 805 g/mol. The molecule has 4 aliphatic heterocycles. The first-order valence-electron chi connectivity index (χ1n) is 16.9. The number of thiocarbonyl (C=S) groups is 3. The third-order valence-corrected chi connectivity index (χ3v) is 10.2. The number of methoxy groups -OCH3 is 1. The third kappa shape index (κ3) is 10.9. The average Bonchev–Trinajstić information content (AvgIpc) is 3.16. The van der Waals surface area contributed by atoms with Gasteiger partial charge in [0.15, 0.2) is 40.3 Å². The van der Waals surface area contributed by atoms with Crippen LogP contribution in [-0.2, 0) is 23.7 Å². The van der Waals surface area contributed by atoms with Gasteiger partial charge in [-0.15, -0.1) is 0 Å². The Bertz CT molecular complexity index is 1290. The van der Waals surface area contributed by atoms with Crippen molar-refractivity contribution < 1.29 is 90.1 Å². The molecule has 0 radical (unpaired) electrons. The van der Waals surface area contributed by atoms with Crippen LogP contribution in [0.5, 0.6) is 0 Å². The monoisotopic (exact) mass is 854 g/mol. The van der Waals surface area contributed by atoms with Crippen molar-refractivity contribution in [1.82, 2.24) is 31.9 Å². The lowest BCUT2D eigenvalue weighted by Crippen LogP contribution is -2.71. The molecule has 12 unspecified atom stereocenters. The second kappa shape index (κ2) is 20.4. The smallest absolute Gasteiger partial charge is 0.186 e. The van der Waals surface area contributed by atoms with E-state index in [4.69, 9.17) is 60.3 Å². The molecule has 0 spiro atoms. The number of hydrogen-bond donors (Lipinski definition) is 19. The van der Waals surface area contributed by atoms with E-state index in [1.807, 2.05) is 0 Å². The highest BCUT2D eigenvalue weighted by Crippen LogP contribution is 2.24. The van der Waals surface area contributed by atoms with Crippen molar-refractivity contribution in [3.05, 3.63) is 0 Å². The maximum Gasteiger partial charge on any atom is 0.186 e. The molecule has 4 aliphatic rings. The maximum absolute atomic E-state index is 11.4. The summed E-state index contributed by atoms with van der Waals surface area (Å²) in [6, 6.07) is -1.40. The standard InChI is InChI=1S/C28H50N6O18S3/c1-48-25-21(47)18(44)12(38)7(52-25)3-30-26(53)32-22-15(41)10(31-28(55)34-24-20(46)17(43)14(40)9(5-36)51-24)11(37)6(49-22)2-29-27(54)33-23-19(45)16(42)13(39)8(4-35)50-23/h6-25,35-47H,2-5H2,1H3,(H2,29,33,54)(H2,30,32,53)(H2,31,34,55)/t6?,7?,8?,9?,10?,11-,12-,13-,14+,15?,16?,17?,18?,19?,20?,21?,22-,23-,24-,25+/m1/s1. The van der Waals surface area contributed by atoms with E-state index in [1.165, 1.54) is 7.11 Å². The van der Waals surface area contributed by atoms with Crippen LogP contribution in [0, 0.1) is 0 Å². The molecule has 0 aromatic rings. The Morgan fingerprint density at radius 1 is 0.455 bits per heavy atom. The summed E-state index contributed by atoms with van der Waals surface area (Å²) in [5.41, 5.74) is 0. The minimum atomic E-state index is -1.74. The highest BCUT2D eigenvalue weighted by molar-refractivity contribution is 7.80. The van der Waals surface area contributed by atoms with Gasteiger partial charge in [-0.1, -0.05) is 0 Å². The molecule has 4 rings (SSSR count). The summed E-state index contributed by atoms with van der Waals surface area (Å²) in [4.78, 5) is 0. The molecule has 0 bridgehead atoms. The molecular formula is C28H50N6O18S3. The molecule has 4 fully saturated rings. The SMILES string of the molecule is CO[C@H]1OC(CNC(=S)N[C@@H]2OC(CNC(=S)N[C@@H]3OC(CO)[C@@H](O)C(O)C3O)[C@@H](O)C(NC(=S)N[C@@H]3OC(CO)[C@H](O)C(O)C3O)C2O)[C@@H](O)C(O)C1O. The van der Waals surface area contributed by atoms with Crippen molar-refractivity contribution in [2.24, 2.45) is 0 Å². The van der Waals surface area contributed by atoms with Gasteiger partial charge in [0.2, 0.25) is 0 Å². The topological polar surface area (TPSA) is 381 Å². The largest absolute Gasteiger partial charge is 0.394 e. The summed E-state index contributed by atoms with van der Waals surface area (Å²) >= 11 is 15.9. The Morgan fingerprint density at radius 3 is 1.29 bits per heavy atom. The molecule has 4 saturated heterocycles. The second-order valence-corrected chi connectivity index (χ2v) is 14.4. The predicted molar refractivity (Wildman–Crippen MR) is 192 cm³/mol. The Labute approximate surface area is 329 Å². The molecule has 19 N–H and O–H groups in total. The van der Waals surface area contributed by atoms with Crippen LogP contribution in [0.4, 0.5) is 0 Å². The van der Waals surface area contributed by atoms with Crippen LogP contribution >= 0.6 is 36.7 Å². The number of rotatable bonds is 11. The number of hydrogen-bond acceptors (Lipinski definition) is 21. The number of nitrogens with one attached hydrogen (secondary N) is 6. The van der Waals surface area contributed by atoms with Gasteiger partial charge in [0.05, 0.1) is 19.3 Å². The summed E-state index contributed by atoms with van der Waals surface area (Å²) in [6.07, 6.45) is -28.5. The minimum Gasteiger partial charge on any atom is -0.394 e. The lowest BCUT2D eigenvalue weighted by atomic mass is 9.95. The summed E-state index contributed by atoms with van der Waals surface area (Å²) in [5.74, 6) is 0. The van der Waals surface area contributed by atoms with Gasteiger partial charge < -0.3 is 122 Å². The van der Waals surface area contributed by atoms with Gasteiger partial charge >= 0.3 is 0 Å². The maximum atomic E-state index is 11.4. The molecule has 0 amide bonds. The van der Waals surface area contributed by atoms with E-state index in [2.05, 4.69) is 31.9 Å². The molecule has 318 valence electrons. The Hall–Kier alpha value is -1.65. The van der Waals surface area contributed by atoms with Crippen LogP contribution in [0.3, 0.4) is 0 Å². The third-order valence-electron chi connectivity index (χ3n) is 9.48. The lowest BCUT2D eigenvalue weighted by Gasteiger charge is -2.45. The molecule has 0 aromatic carbocycles. The average molecular weight is 855 g/mol. The van der Waals surface area contributed by atoms with Crippen molar-refractivity contribution in [2.45, 2.75) is 123 Å².